The first-order valence-corrected chi connectivity index (χ1v) is 5.73. The van der Waals surface area contributed by atoms with Gasteiger partial charge in [-0.1, -0.05) is 25.6 Å². The normalized spacial score (nSPS) is 10.3. The Morgan fingerprint density at radius 2 is 1.93 bits per heavy atom. The zero-order valence-electron chi connectivity index (χ0n) is 8.73. The van der Waals surface area contributed by atoms with Gasteiger partial charge in [-0.05, 0) is 12.8 Å². The van der Waals surface area contributed by atoms with Crippen LogP contribution in [-0.2, 0) is 17.6 Å². The molecule has 0 aliphatic rings. The lowest BCUT2D eigenvalue weighted by atomic mass is 10.2. The quantitative estimate of drug-likeness (QED) is 0.761. The molecule has 0 bridgehead atoms. The standard InChI is InChI=1S/C9H13N3O2S/c1-3-6-7(4-2)11-12-9(10-6)15-5-8(13)14/h3-5H2,1-2H3,(H,13,14). The van der Waals surface area contributed by atoms with E-state index >= 15 is 0 Å². The molecule has 1 rings (SSSR count). The van der Waals surface area contributed by atoms with Gasteiger partial charge in [-0.25, -0.2) is 4.98 Å². The molecule has 0 radical (unpaired) electrons. The molecule has 0 aromatic carbocycles. The summed E-state index contributed by atoms with van der Waals surface area (Å²) < 4.78 is 0. The van der Waals surface area contributed by atoms with Crippen molar-refractivity contribution < 1.29 is 9.90 Å². The highest BCUT2D eigenvalue weighted by Crippen LogP contribution is 2.13. The van der Waals surface area contributed by atoms with Crippen LogP contribution < -0.4 is 0 Å². The molecule has 1 heterocycles. The minimum Gasteiger partial charge on any atom is -0.481 e. The first-order chi connectivity index (χ1) is 7.17. The van der Waals surface area contributed by atoms with Crippen LogP contribution in [0, 0.1) is 0 Å². The third-order valence-corrected chi connectivity index (χ3v) is 2.64. The molecule has 1 aromatic heterocycles. The van der Waals surface area contributed by atoms with Crippen molar-refractivity contribution in [2.75, 3.05) is 5.75 Å². The summed E-state index contributed by atoms with van der Waals surface area (Å²) >= 11 is 1.09. The van der Waals surface area contributed by atoms with Crippen molar-refractivity contribution >= 4 is 17.7 Å². The Kier molecular flexibility index (Phi) is 4.48. The fourth-order valence-corrected chi connectivity index (χ4v) is 1.63. The summed E-state index contributed by atoms with van der Waals surface area (Å²) in [5, 5.41) is 16.8. The molecule has 15 heavy (non-hydrogen) atoms. The van der Waals surface area contributed by atoms with E-state index in [4.69, 9.17) is 5.11 Å². The number of aromatic nitrogens is 3. The maximum Gasteiger partial charge on any atom is 0.313 e. The van der Waals surface area contributed by atoms with E-state index in [1.165, 1.54) is 0 Å². The predicted molar refractivity (Wildman–Crippen MR) is 56.9 cm³/mol. The molecule has 0 fully saturated rings. The van der Waals surface area contributed by atoms with E-state index in [0.717, 1.165) is 36.0 Å². The average molecular weight is 227 g/mol. The Hall–Kier alpha value is -1.17. The second-order valence-electron chi connectivity index (χ2n) is 2.88. The molecule has 82 valence electrons. The molecule has 0 unspecified atom stereocenters. The molecule has 0 aliphatic heterocycles. The van der Waals surface area contributed by atoms with Gasteiger partial charge in [0, 0.05) is 0 Å². The third kappa shape index (κ3) is 3.47. The highest BCUT2D eigenvalue weighted by atomic mass is 32.2. The Morgan fingerprint density at radius 1 is 1.27 bits per heavy atom. The molecule has 0 saturated carbocycles. The number of thioether (sulfide) groups is 1. The average Bonchev–Trinajstić information content (AvgIpc) is 2.25. The Bertz CT molecular complexity index is 357. The van der Waals surface area contributed by atoms with Crippen LogP contribution in [0.2, 0.25) is 0 Å². The van der Waals surface area contributed by atoms with Crippen molar-refractivity contribution in [1.29, 1.82) is 0 Å². The van der Waals surface area contributed by atoms with Gasteiger partial charge in [0.25, 0.3) is 0 Å². The van der Waals surface area contributed by atoms with Crippen LogP contribution >= 0.6 is 11.8 Å². The number of carboxylic acids is 1. The molecule has 0 aliphatic carbocycles. The fourth-order valence-electron chi connectivity index (χ4n) is 1.11. The molecule has 6 heteroatoms. The molecular weight excluding hydrogens is 214 g/mol. The predicted octanol–water partition coefficient (Wildman–Crippen LogP) is 1.17. The zero-order chi connectivity index (χ0) is 11.3. The van der Waals surface area contributed by atoms with E-state index in [0.29, 0.717) is 5.16 Å². The van der Waals surface area contributed by atoms with Crippen LogP contribution in [0.15, 0.2) is 5.16 Å². The SMILES string of the molecule is CCc1nnc(SCC(=O)O)nc1CC. The van der Waals surface area contributed by atoms with Crippen molar-refractivity contribution in [1.82, 2.24) is 15.2 Å². The number of aliphatic carboxylic acids is 1. The number of carbonyl (C=O) groups is 1. The summed E-state index contributed by atoms with van der Waals surface area (Å²) in [6.07, 6.45) is 1.59. The van der Waals surface area contributed by atoms with Gasteiger partial charge in [-0.2, -0.15) is 5.10 Å². The smallest absolute Gasteiger partial charge is 0.313 e. The lowest BCUT2D eigenvalue weighted by Gasteiger charge is -2.03. The van der Waals surface area contributed by atoms with E-state index < -0.39 is 5.97 Å². The van der Waals surface area contributed by atoms with E-state index in [1.807, 2.05) is 13.8 Å². The summed E-state index contributed by atoms with van der Waals surface area (Å²) in [7, 11) is 0. The van der Waals surface area contributed by atoms with Gasteiger partial charge in [0.1, 0.15) is 0 Å². The minimum atomic E-state index is -0.874. The molecule has 0 saturated heterocycles. The Labute approximate surface area is 92.3 Å². The first-order valence-electron chi connectivity index (χ1n) is 4.74. The molecule has 0 amide bonds. The van der Waals surface area contributed by atoms with Crippen molar-refractivity contribution in [2.24, 2.45) is 0 Å². The summed E-state index contributed by atoms with van der Waals surface area (Å²) in [6.45, 7) is 3.99. The second kappa shape index (κ2) is 5.65. The topological polar surface area (TPSA) is 76.0 Å². The summed E-state index contributed by atoms with van der Waals surface area (Å²) in [5.74, 6) is -0.905. The van der Waals surface area contributed by atoms with Gasteiger partial charge in [0.2, 0.25) is 5.16 Å². The minimum absolute atomic E-state index is 0.0314. The van der Waals surface area contributed by atoms with E-state index in [-0.39, 0.29) is 5.75 Å². The maximum absolute atomic E-state index is 10.4. The van der Waals surface area contributed by atoms with Crippen LogP contribution in [0.25, 0.3) is 0 Å². The van der Waals surface area contributed by atoms with Gasteiger partial charge in [-0.15, -0.1) is 5.10 Å². The molecular formula is C9H13N3O2S. The lowest BCUT2D eigenvalue weighted by Crippen LogP contribution is -2.05. The molecule has 0 atom stereocenters. The highest BCUT2D eigenvalue weighted by molar-refractivity contribution is 7.99. The monoisotopic (exact) mass is 227 g/mol. The fraction of sp³-hybridized carbons (Fsp3) is 0.556. The van der Waals surface area contributed by atoms with Crippen molar-refractivity contribution in [3.05, 3.63) is 11.4 Å². The number of hydrogen-bond acceptors (Lipinski definition) is 5. The number of nitrogens with zero attached hydrogens (tertiary/aromatic N) is 3. The summed E-state index contributed by atoms with van der Waals surface area (Å²) in [6, 6.07) is 0. The first kappa shape index (κ1) is 11.9. The highest BCUT2D eigenvalue weighted by Gasteiger charge is 2.07. The zero-order valence-corrected chi connectivity index (χ0v) is 9.54. The van der Waals surface area contributed by atoms with Gasteiger partial charge < -0.3 is 5.11 Å². The van der Waals surface area contributed by atoms with Gasteiger partial charge in [-0.3, -0.25) is 4.79 Å². The molecule has 1 aromatic rings. The van der Waals surface area contributed by atoms with Crippen molar-refractivity contribution in [2.45, 2.75) is 31.8 Å². The van der Waals surface area contributed by atoms with E-state index in [1.54, 1.807) is 0 Å². The lowest BCUT2D eigenvalue weighted by molar-refractivity contribution is -0.133. The number of rotatable bonds is 5. The Balaban J connectivity index is 2.78. The third-order valence-electron chi connectivity index (χ3n) is 1.81. The van der Waals surface area contributed by atoms with Crippen molar-refractivity contribution in [3.63, 3.8) is 0 Å². The molecule has 5 nitrogen and oxygen atoms in total. The Morgan fingerprint density at radius 3 is 2.47 bits per heavy atom. The van der Waals surface area contributed by atoms with Gasteiger partial charge in [0.15, 0.2) is 0 Å². The van der Waals surface area contributed by atoms with Gasteiger partial charge in [0.05, 0.1) is 17.1 Å². The van der Waals surface area contributed by atoms with E-state index in [2.05, 4.69) is 15.2 Å². The van der Waals surface area contributed by atoms with Crippen LogP contribution in [-0.4, -0.2) is 32.0 Å². The van der Waals surface area contributed by atoms with Crippen molar-refractivity contribution in [3.8, 4) is 0 Å². The molecule has 0 spiro atoms. The maximum atomic E-state index is 10.4. The van der Waals surface area contributed by atoms with E-state index in [9.17, 15) is 4.79 Å². The largest absolute Gasteiger partial charge is 0.481 e. The molecule has 1 N–H and O–H groups in total. The summed E-state index contributed by atoms with van der Waals surface area (Å²) in [5.41, 5.74) is 1.79. The second-order valence-corrected chi connectivity index (χ2v) is 3.82. The number of hydrogen-bond donors (Lipinski definition) is 1. The van der Waals surface area contributed by atoms with Gasteiger partial charge >= 0.3 is 5.97 Å². The van der Waals surface area contributed by atoms with Crippen LogP contribution in [0.5, 0.6) is 0 Å². The van der Waals surface area contributed by atoms with Crippen LogP contribution in [0.3, 0.4) is 0 Å². The van der Waals surface area contributed by atoms with Crippen LogP contribution in [0.1, 0.15) is 25.2 Å². The van der Waals surface area contributed by atoms with Crippen LogP contribution in [0.4, 0.5) is 0 Å². The number of carboxylic acid groups (broad SMARTS) is 1. The number of aryl methyl sites for hydroxylation is 2. The summed E-state index contributed by atoms with van der Waals surface area (Å²) in [4.78, 5) is 14.6.